The number of nitrogens with zero attached hydrogens (tertiary/aromatic N) is 4. The third-order valence-electron chi connectivity index (χ3n) is 4.46. The SMILES string of the molecule is CCOc1ccnc(N2CCCN(C(=O)C3CCCCO3)CC2)n1. The third kappa shape index (κ3) is 4.14. The highest BCUT2D eigenvalue weighted by Gasteiger charge is 2.28. The van der Waals surface area contributed by atoms with Gasteiger partial charge in [0, 0.05) is 45.0 Å². The van der Waals surface area contributed by atoms with Gasteiger partial charge in [-0.25, -0.2) is 4.98 Å². The maximum Gasteiger partial charge on any atom is 0.251 e. The second kappa shape index (κ2) is 8.28. The Bertz CT molecular complexity index is 548. The number of carbonyl (C=O) groups excluding carboxylic acids is 1. The average Bonchev–Trinajstić information content (AvgIpc) is 2.89. The molecule has 0 aliphatic carbocycles. The standard InChI is InChI=1S/C17H26N4O3/c1-2-23-15-7-8-18-17(19-15)21-10-5-9-20(11-12-21)16(22)14-6-3-4-13-24-14/h7-8,14H,2-6,9-13H2,1H3. The molecule has 1 unspecified atom stereocenters. The predicted molar refractivity (Wildman–Crippen MR) is 90.2 cm³/mol. The molecule has 2 aliphatic rings. The summed E-state index contributed by atoms with van der Waals surface area (Å²) in [6.07, 6.45) is 5.36. The van der Waals surface area contributed by atoms with Crippen LogP contribution in [0.1, 0.15) is 32.6 Å². The van der Waals surface area contributed by atoms with Gasteiger partial charge in [-0.2, -0.15) is 4.98 Å². The molecule has 0 radical (unpaired) electrons. The van der Waals surface area contributed by atoms with Crippen molar-refractivity contribution in [3.05, 3.63) is 12.3 Å². The smallest absolute Gasteiger partial charge is 0.251 e. The molecule has 24 heavy (non-hydrogen) atoms. The van der Waals surface area contributed by atoms with Crippen molar-refractivity contribution in [3.8, 4) is 5.88 Å². The van der Waals surface area contributed by atoms with Crippen molar-refractivity contribution in [1.82, 2.24) is 14.9 Å². The van der Waals surface area contributed by atoms with Crippen molar-refractivity contribution in [2.24, 2.45) is 0 Å². The first-order chi connectivity index (χ1) is 11.8. The van der Waals surface area contributed by atoms with Crippen LogP contribution >= 0.6 is 0 Å². The molecular formula is C17H26N4O3. The second-order valence-electron chi connectivity index (χ2n) is 6.15. The van der Waals surface area contributed by atoms with Crippen molar-refractivity contribution in [3.63, 3.8) is 0 Å². The van der Waals surface area contributed by atoms with Crippen LogP contribution in [-0.4, -0.2) is 66.3 Å². The van der Waals surface area contributed by atoms with Crippen LogP contribution in [0.5, 0.6) is 5.88 Å². The molecule has 2 aliphatic heterocycles. The van der Waals surface area contributed by atoms with E-state index in [0.29, 0.717) is 31.6 Å². The molecule has 0 N–H and O–H groups in total. The molecule has 1 aromatic heterocycles. The maximum atomic E-state index is 12.6. The third-order valence-corrected chi connectivity index (χ3v) is 4.46. The summed E-state index contributed by atoms with van der Waals surface area (Å²) in [5, 5.41) is 0. The number of aromatic nitrogens is 2. The summed E-state index contributed by atoms with van der Waals surface area (Å²) in [5.74, 6) is 1.40. The molecule has 7 nitrogen and oxygen atoms in total. The Morgan fingerprint density at radius 2 is 2.21 bits per heavy atom. The van der Waals surface area contributed by atoms with Crippen molar-refractivity contribution >= 4 is 11.9 Å². The summed E-state index contributed by atoms with van der Waals surface area (Å²) < 4.78 is 11.1. The molecule has 7 heteroatoms. The minimum absolute atomic E-state index is 0.139. The molecule has 2 saturated heterocycles. The van der Waals surface area contributed by atoms with Crippen LogP contribution in [-0.2, 0) is 9.53 Å². The lowest BCUT2D eigenvalue weighted by Crippen LogP contribution is -2.43. The van der Waals surface area contributed by atoms with Crippen LogP contribution in [0.4, 0.5) is 5.95 Å². The number of anilines is 1. The van der Waals surface area contributed by atoms with Gasteiger partial charge >= 0.3 is 0 Å². The molecule has 3 heterocycles. The molecule has 2 fully saturated rings. The van der Waals surface area contributed by atoms with Crippen molar-refractivity contribution in [2.45, 2.75) is 38.7 Å². The van der Waals surface area contributed by atoms with E-state index < -0.39 is 0 Å². The highest BCUT2D eigenvalue weighted by Crippen LogP contribution is 2.18. The summed E-state index contributed by atoms with van der Waals surface area (Å²) >= 11 is 0. The van der Waals surface area contributed by atoms with Crippen LogP contribution in [0.3, 0.4) is 0 Å². The fraction of sp³-hybridized carbons (Fsp3) is 0.706. The van der Waals surface area contributed by atoms with Crippen LogP contribution in [0, 0.1) is 0 Å². The average molecular weight is 334 g/mol. The van der Waals surface area contributed by atoms with Gasteiger partial charge in [0.1, 0.15) is 6.10 Å². The fourth-order valence-electron chi connectivity index (χ4n) is 3.19. The highest BCUT2D eigenvalue weighted by atomic mass is 16.5. The lowest BCUT2D eigenvalue weighted by molar-refractivity contribution is -0.146. The number of amides is 1. The van der Waals surface area contributed by atoms with E-state index >= 15 is 0 Å². The van der Waals surface area contributed by atoms with Gasteiger partial charge in [-0.05, 0) is 32.6 Å². The number of hydrogen-bond acceptors (Lipinski definition) is 6. The predicted octanol–water partition coefficient (Wildman–Crippen LogP) is 1.48. The zero-order valence-corrected chi connectivity index (χ0v) is 14.3. The summed E-state index contributed by atoms with van der Waals surface area (Å²) in [4.78, 5) is 25.5. The Labute approximate surface area is 143 Å². The Balaban J connectivity index is 1.60. The number of carbonyl (C=O) groups is 1. The van der Waals surface area contributed by atoms with E-state index in [-0.39, 0.29) is 12.0 Å². The molecule has 0 aromatic carbocycles. The van der Waals surface area contributed by atoms with E-state index in [2.05, 4.69) is 14.9 Å². The minimum Gasteiger partial charge on any atom is -0.478 e. The van der Waals surface area contributed by atoms with Crippen LogP contribution in [0.15, 0.2) is 12.3 Å². The number of rotatable bonds is 4. The van der Waals surface area contributed by atoms with E-state index in [1.165, 1.54) is 0 Å². The van der Waals surface area contributed by atoms with Gasteiger partial charge in [0.15, 0.2) is 0 Å². The van der Waals surface area contributed by atoms with Gasteiger partial charge in [0.2, 0.25) is 11.8 Å². The summed E-state index contributed by atoms with van der Waals surface area (Å²) in [6, 6.07) is 1.76. The molecule has 1 atom stereocenters. The van der Waals surface area contributed by atoms with E-state index in [9.17, 15) is 4.79 Å². The molecule has 1 amide bonds. The zero-order valence-electron chi connectivity index (χ0n) is 14.3. The van der Waals surface area contributed by atoms with Gasteiger partial charge in [0.25, 0.3) is 5.91 Å². The van der Waals surface area contributed by atoms with E-state index in [1.54, 1.807) is 12.3 Å². The van der Waals surface area contributed by atoms with Gasteiger partial charge < -0.3 is 19.3 Å². The lowest BCUT2D eigenvalue weighted by Gasteiger charge is -2.28. The number of ether oxygens (including phenoxy) is 2. The summed E-state index contributed by atoms with van der Waals surface area (Å²) in [5.41, 5.74) is 0. The Morgan fingerprint density at radius 3 is 3.00 bits per heavy atom. The molecular weight excluding hydrogens is 308 g/mol. The quantitative estimate of drug-likeness (QED) is 0.831. The number of hydrogen-bond donors (Lipinski definition) is 0. The van der Waals surface area contributed by atoms with Gasteiger partial charge in [0.05, 0.1) is 6.61 Å². The molecule has 0 spiro atoms. The largest absolute Gasteiger partial charge is 0.478 e. The maximum absolute atomic E-state index is 12.6. The van der Waals surface area contributed by atoms with Gasteiger partial charge in [-0.3, -0.25) is 4.79 Å². The van der Waals surface area contributed by atoms with Crippen molar-refractivity contribution in [1.29, 1.82) is 0 Å². The zero-order chi connectivity index (χ0) is 16.8. The van der Waals surface area contributed by atoms with Crippen molar-refractivity contribution < 1.29 is 14.3 Å². The highest BCUT2D eigenvalue weighted by molar-refractivity contribution is 5.81. The summed E-state index contributed by atoms with van der Waals surface area (Å²) in [6.45, 7) is 6.24. The molecule has 132 valence electrons. The van der Waals surface area contributed by atoms with Crippen LogP contribution < -0.4 is 9.64 Å². The van der Waals surface area contributed by atoms with E-state index in [4.69, 9.17) is 9.47 Å². The Hall–Kier alpha value is -1.89. The second-order valence-corrected chi connectivity index (χ2v) is 6.15. The molecule has 3 rings (SSSR count). The Kier molecular flexibility index (Phi) is 5.85. The monoisotopic (exact) mass is 334 g/mol. The van der Waals surface area contributed by atoms with Gasteiger partial charge in [-0.1, -0.05) is 0 Å². The van der Waals surface area contributed by atoms with Gasteiger partial charge in [-0.15, -0.1) is 0 Å². The minimum atomic E-state index is -0.247. The Morgan fingerprint density at radius 1 is 1.29 bits per heavy atom. The van der Waals surface area contributed by atoms with Crippen molar-refractivity contribution in [2.75, 3.05) is 44.3 Å². The molecule has 0 bridgehead atoms. The lowest BCUT2D eigenvalue weighted by atomic mass is 10.1. The molecule has 1 aromatic rings. The molecule has 0 saturated carbocycles. The fourth-order valence-corrected chi connectivity index (χ4v) is 3.19. The van der Waals surface area contributed by atoms with Crippen LogP contribution in [0.2, 0.25) is 0 Å². The topological polar surface area (TPSA) is 67.8 Å². The normalized spacial score (nSPS) is 22.1. The van der Waals surface area contributed by atoms with E-state index in [1.807, 2.05) is 11.8 Å². The van der Waals surface area contributed by atoms with Crippen LogP contribution in [0.25, 0.3) is 0 Å². The van der Waals surface area contributed by atoms with E-state index in [0.717, 1.165) is 45.3 Å². The first kappa shape index (κ1) is 17.0. The first-order valence-corrected chi connectivity index (χ1v) is 8.89. The summed E-state index contributed by atoms with van der Waals surface area (Å²) in [7, 11) is 0. The first-order valence-electron chi connectivity index (χ1n) is 8.89.